The maximum atomic E-state index is 11.9. The average molecular weight is 271 g/mol. The smallest absolute Gasteiger partial charge is 0.351 e. The lowest BCUT2D eigenvalue weighted by atomic mass is 10.4. The molecule has 96 valence electrons. The van der Waals surface area contributed by atoms with Gasteiger partial charge in [0.05, 0.1) is 0 Å². The molecule has 17 heavy (non-hydrogen) atoms. The zero-order chi connectivity index (χ0) is 13.1. The average Bonchev–Trinajstić information content (AvgIpc) is 2.18. The van der Waals surface area contributed by atoms with Crippen molar-refractivity contribution < 1.29 is 17.9 Å². The summed E-state index contributed by atoms with van der Waals surface area (Å²) in [4.78, 5) is 15.3. The molecule has 0 aliphatic rings. The SMILES string of the molecule is CCc1nc(Cl)cc(=O)n1COCC(F)(F)F. The van der Waals surface area contributed by atoms with Crippen LogP contribution < -0.4 is 5.56 Å². The summed E-state index contributed by atoms with van der Waals surface area (Å²) in [6.07, 6.45) is -4.05. The van der Waals surface area contributed by atoms with E-state index in [1.807, 2.05) is 0 Å². The van der Waals surface area contributed by atoms with Crippen molar-refractivity contribution >= 4 is 11.6 Å². The topological polar surface area (TPSA) is 44.1 Å². The van der Waals surface area contributed by atoms with E-state index in [4.69, 9.17) is 11.6 Å². The van der Waals surface area contributed by atoms with Crippen molar-refractivity contribution in [2.75, 3.05) is 6.61 Å². The molecule has 0 spiro atoms. The van der Waals surface area contributed by atoms with Gasteiger partial charge in [0.15, 0.2) is 0 Å². The van der Waals surface area contributed by atoms with Gasteiger partial charge in [-0.05, 0) is 0 Å². The molecule has 0 aromatic carbocycles. The Kier molecular flexibility index (Phi) is 4.53. The van der Waals surface area contributed by atoms with Crippen LogP contribution in [0.3, 0.4) is 0 Å². The standard InChI is InChI=1S/C9H10ClF3N2O2/c1-2-7-14-6(10)3-8(16)15(7)5-17-4-9(11,12)13/h3H,2,4-5H2,1H3. The van der Waals surface area contributed by atoms with Gasteiger partial charge in [0, 0.05) is 12.5 Å². The number of aryl methyl sites for hydroxylation is 1. The minimum atomic E-state index is -4.42. The summed E-state index contributed by atoms with van der Waals surface area (Å²) in [6.45, 7) is -0.199. The first-order valence-electron chi connectivity index (χ1n) is 4.74. The van der Waals surface area contributed by atoms with Crippen molar-refractivity contribution in [3.63, 3.8) is 0 Å². The second-order valence-corrected chi connectivity index (χ2v) is 3.59. The van der Waals surface area contributed by atoms with Crippen LogP contribution in [0.25, 0.3) is 0 Å². The minimum absolute atomic E-state index is 0.0129. The number of ether oxygens (including phenoxy) is 1. The van der Waals surface area contributed by atoms with Crippen molar-refractivity contribution in [2.24, 2.45) is 0 Å². The quantitative estimate of drug-likeness (QED) is 0.786. The molecule has 0 N–H and O–H groups in total. The molecular formula is C9H10ClF3N2O2. The molecule has 1 aromatic heterocycles. The Labute approximate surface area is 100.0 Å². The van der Waals surface area contributed by atoms with Crippen LogP contribution in [0.2, 0.25) is 5.15 Å². The lowest BCUT2D eigenvalue weighted by molar-refractivity contribution is -0.182. The molecule has 0 aliphatic carbocycles. The van der Waals surface area contributed by atoms with Gasteiger partial charge in [0.2, 0.25) is 0 Å². The normalized spacial score (nSPS) is 11.8. The van der Waals surface area contributed by atoms with E-state index in [9.17, 15) is 18.0 Å². The Bertz CT molecular complexity index is 445. The molecule has 0 atom stereocenters. The van der Waals surface area contributed by atoms with Gasteiger partial charge in [-0.2, -0.15) is 13.2 Å². The third-order valence-electron chi connectivity index (χ3n) is 1.86. The van der Waals surface area contributed by atoms with Gasteiger partial charge in [-0.15, -0.1) is 0 Å². The van der Waals surface area contributed by atoms with Crippen LogP contribution in [0.4, 0.5) is 13.2 Å². The highest BCUT2D eigenvalue weighted by Crippen LogP contribution is 2.14. The molecule has 0 aliphatic heterocycles. The van der Waals surface area contributed by atoms with Crippen LogP contribution in [0.5, 0.6) is 0 Å². The van der Waals surface area contributed by atoms with Gasteiger partial charge >= 0.3 is 6.18 Å². The third-order valence-corrected chi connectivity index (χ3v) is 2.05. The van der Waals surface area contributed by atoms with Crippen molar-refractivity contribution in [1.29, 1.82) is 0 Å². The molecule has 0 fully saturated rings. The second-order valence-electron chi connectivity index (χ2n) is 3.21. The van der Waals surface area contributed by atoms with E-state index in [1.165, 1.54) is 0 Å². The van der Waals surface area contributed by atoms with Gasteiger partial charge in [-0.1, -0.05) is 18.5 Å². The Morgan fingerprint density at radius 2 is 2.18 bits per heavy atom. The summed E-state index contributed by atoms with van der Waals surface area (Å²) >= 11 is 5.56. The molecule has 0 unspecified atom stereocenters. The van der Waals surface area contributed by atoms with Crippen LogP contribution in [0.15, 0.2) is 10.9 Å². The fraction of sp³-hybridized carbons (Fsp3) is 0.556. The zero-order valence-corrected chi connectivity index (χ0v) is 9.68. The van der Waals surface area contributed by atoms with Crippen LogP contribution >= 0.6 is 11.6 Å². The van der Waals surface area contributed by atoms with Crippen LogP contribution in [0, 0.1) is 0 Å². The fourth-order valence-corrected chi connectivity index (χ4v) is 1.37. The predicted molar refractivity (Wildman–Crippen MR) is 54.9 cm³/mol. The maximum absolute atomic E-state index is 11.9. The Morgan fingerprint density at radius 1 is 1.53 bits per heavy atom. The largest absolute Gasteiger partial charge is 0.411 e. The van der Waals surface area contributed by atoms with Gasteiger partial charge in [0.1, 0.15) is 24.3 Å². The van der Waals surface area contributed by atoms with Gasteiger partial charge in [0.25, 0.3) is 5.56 Å². The summed E-state index contributed by atoms with van der Waals surface area (Å²) in [5.41, 5.74) is -0.538. The van der Waals surface area contributed by atoms with Crippen molar-refractivity contribution in [2.45, 2.75) is 26.3 Å². The van der Waals surface area contributed by atoms with E-state index in [0.29, 0.717) is 6.42 Å². The zero-order valence-electron chi connectivity index (χ0n) is 8.92. The first-order valence-corrected chi connectivity index (χ1v) is 5.12. The molecule has 0 bridgehead atoms. The maximum Gasteiger partial charge on any atom is 0.411 e. The lowest BCUT2D eigenvalue weighted by Gasteiger charge is -2.12. The highest BCUT2D eigenvalue weighted by Gasteiger charge is 2.27. The molecule has 0 amide bonds. The Hall–Kier alpha value is -1.08. The first-order chi connectivity index (χ1) is 7.83. The van der Waals surface area contributed by atoms with E-state index < -0.39 is 25.1 Å². The number of rotatable bonds is 4. The number of halogens is 4. The molecule has 1 rings (SSSR count). The lowest BCUT2D eigenvalue weighted by Crippen LogP contribution is -2.27. The number of hydrogen-bond donors (Lipinski definition) is 0. The molecule has 1 heterocycles. The number of alkyl halides is 3. The van der Waals surface area contributed by atoms with Crippen molar-refractivity contribution in [3.05, 3.63) is 27.4 Å². The van der Waals surface area contributed by atoms with E-state index in [2.05, 4.69) is 9.72 Å². The van der Waals surface area contributed by atoms with E-state index in [1.54, 1.807) is 6.92 Å². The summed E-state index contributed by atoms with van der Waals surface area (Å²) in [5, 5.41) is 0.0129. The number of hydrogen-bond acceptors (Lipinski definition) is 3. The van der Waals surface area contributed by atoms with Gasteiger partial charge < -0.3 is 4.74 Å². The van der Waals surface area contributed by atoms with Gasteiger partial charge in [-0.25, -0.2) is 4.98 Å². The predicted octanol–water partition coefficient (Wildman–Crippen LogP) is 2.00. The number of aromatic nitrogens is 2. The first kappa shape index (κ1) is 14.0. The summed E-state index contributed by atoms with van der Waals surface area (Å²) in [7, 11) is 0. The van der Waals surface area contributed by atoms with Crippen LogP contribution in [0.1, 0.15) is 12.7 Å². The molecule has 8 heteroatoms. The summed E-state index contributed by atoms with van der Waals surface area (Å²) < 4.78 is 41.0. The fourth-order valence-electron chi connectivity index (χ4n) is 1.18. The highest BCUT2D eigenvalue weighted by atomic mass is 35.5. The molecule has 0 saturated heterocycles. The van der Waals surface area contributed by atoms with E-state index in [0.717, 1.165) is 10.6 Å². The molecule has 1 aromatic rings. The van der Waals surface area contributed by atoms with Crippen LogP contribution in [-0.2, 0) is 17.9 Å². The van der Waals surface area contributed by atoms with E-state index in [-0.39, 0.29) is 11.0 Å². The number of nitrogens with zero attached hydrogens (tertiary/aromatic N) is 2. The second kappa shape index (κ2) is 5.50. The monoisotopic (exact) mass is 270 g/mol. The molecular weight excluding hydrogens is 261 g/mol. The van der Waals surface area contributed by atoms with Crippen molar-refractivity contribution in [3.8, 4) is 0 Å². The molecule has 0 saturated carbocycles. The molecule has 0 radical (unpaired) electrons. The van der Waals surface area contributed by atoms with Gasteiger partial charge in [-0.3, -0.25) is 9.36 Å². The van der Waals surface area contributed by atoms with E-state index >= 15 is 0 Å². The molecule has 4 nitrogen and oxygen atoms in total. The van der Waals surface area contributed by atoms with Crippen LogP contribution in [-0.4, -0.2) is 22.3 Å². The summed E-state index contributed by atoms with van der Waals surface area (Å²) in [6, 6.07) is 1.03. The Balaban J connectivity index is 2.80. The Morgan fingerprint density at radius 3 is 2.71 bits per heavy atom. The third kappa shape index (κ3) is 4.35. The summed E-state index contributed by atoms with van der Waals surface area (Å²) in [5.74, 6) is 0.282. The highest BCUT2D eigenvalue weighted by molar-refractivity contribution is 6.29. The minimum Gasteiger partial charge on any atom is -0.351 e. The van der Waals surface area contributed by atoms with Crippen molar-refractivity contribution in [1.82, 2.24) is 9.55 Å².